The number of nitrogens with zero attached hydrogens (tertiary/aromatic N) is 2. The monoisotopic (exact) mass is 476 g/mol. The predicted octanol–water partition coefficient (Wildman–Crippen LogP) is 7.71. The lowest BCUT2D eigenvalue weighted by atomic mass is 10.00. The van der Waals surface area contributed by atoms with Gasteiger partial charge in [0.2, 0.25) is 0 Å². The van der Waals surface area contributed by atoms with Crippen molar-refractivity contribution in [1.82, 2.24) is 9.97 Å². The lowest BCUT2D eigenvalue weighted by molar-refractivity contribution is 0.105. The minimum atomic E-state index is 0.0206. The van der Waals surface area contributed by atoms with Gasteiger partial charge in [-0.05, 0) is 19.4 Å². The van der Waals surface area contributed by atoms with Gasteiger partial charge in [0.1, 0.15) is 10.0 Å². The number of hydrogen-bond donors (Lipinski definition) is 0. The number of carbonyl (C=O) groups excluding carboxylic acids is 1. The Balaban J connectivity index is 1.58. The average molecular weight is 477 g/mol. The van der Waals surface area contributed by atoms with E-state index < -0.39 is 0 Å². The number of aryl methyl sites for hydroxylation is 2. The van der Waals surface area contributed by atoms with Crippen molar-refractivity contribution < 1.29 is 4.79 Å². The van der Waals surface area contributed by atoms with Gasteiger partial charge in [-0.25, -0.2) is 9.97 Å². The molecule has 3 aromatic carbocycles. The fraction of sp³-hybridized carbons (Fsp3) is 0.0690. The molecule has 0 spiro atoms. The SMILES string of the molecule is Cc1sc(-c2ccccc2)nc1C1=C(c2nc(-c3ccccc3)sc2C)c2ccccc2C1=O. The Morgan fingerprint density at radius 1 is 0.559 bits per heavy atom. The molecule has 0 saturated heterocycles. The van der Waals surface area contributed by atoms with Crippen molar-refractivity contribution in [2.45, 2.75) is 13.8 Å². The number of allylic oxidation sites excluding steroid dienone is 1. The summed E-state index contributed by atoms with van der Waals surface area (Å²) in [5.74, 6) is 0.0206. The van der Waals surface area contributed by atoms with Crippen LogP contribution in [0.4, 0.5) is 0 Å². The molecule has 0 atom stereocenters. The highest BCUT2D eigenvalue weighted by Gasteiger charge is 2.35. The number of aromatic nitrogens is 2. The Labute approximate surface area is 206 Å². The maximum Gasteiger partial charge on any atom is 0.196 e. The number of rotatable bonds is 4. The van der Waals surface area contributed by atoms with Gasteiger partial charge in [0, 0.05) is 32.0 Å². The van der Waals surface area contributed by atoms with Crippen LogP contribution < -0.4 is 0 Å². The van der Waals surface area contributed by atoms with E-state index in [1.165, 1.54) is 0 Å². The topological polar surface area (TPSA) is 42.9 Å². The normalized spacial score (nSPS) is 12.9. The van der Waals surface area contributed by atoms with Gasteiger partial charge in [-0.2, -0.15) is 0 Å². The summed E-state index contributed by atoms with van der Waals surface area (Å²) in [5, 5.41) is 1.88. The number of thiazole rings is 2. The summed E-state index contributed by atoms with van der Waals surface area (Å²) in [6.45, 7) is 4.13. The Bertz CT molecular complexity index is 1580. The molecule has 0 N–H and O–H groups in total. The first kappa shape index (κ1) is 20.9. The molecule has 2 heterocycles. The molecule has 6 rings (SSSR count). The van der Waals surface area contributed by atoms with Gasteiger partial charge in [-0.3, -0.25) is 4.79 Å². The van der Waals surface area contributed by atoms with Crippen molar-refractivity contribution in [3.05, 3.63) is 117 Å². The van der Waals surface area contributed by atoms with Crippen LogP contribution in [0.5, 0.6) is 0 Å². The first-order chi connectivity index (χ1) is 16.6. The lowest BCUT2D eigenvalue weighted by Gasteiger charge is -2.06. The lowest BCUT2D eigenvalue weighted by Crippen LogP contribution is -2.00. The fourth-order valence-electron chi connectivity index (χ4n) is 4.42. The molecule has 5 aromatic rings. The molecule has 1 aliphatic rings. The summed E-state index contributed by atoms with van der Waals surface area (Å²) in [6, 6.07) is 28.2. The Hall–Kier alpha value is -3.67. The Morgan fingerprint density at radius 3 is 1.53 bits per heavy atom. The maximum atomic E-state index is 13.7. The molecule has 3 nitrogen and oxygen atoms in total. The summed E-state index contributed by atoms with van der Waals surface area (Å²) in [5.41, 5.74) is 6.97. The van der Waals surface area contributed by atoms with E-state index in [0.717, 1.165) is 59.0 Å². The maximum absolute atomic E-state index is 13.7. The van der Waals surface area contributed by atoms with Crippen LogP contribution in [0.1, 0.15) is 37.1 Å². The Kier molecular flexibility index (Phi) is 5.09. The highest BCUT2D eigenvalue weighted by Crippen LogP contribution is 2.46. The number of benzene rings is 3. The van der Waals surface area contributed by atoms with E-state index in [1.54, 1.807) is 22.7 Å². The molecule has 0 unspecified atom stereocenters. The van der Waals surface area contributed by atoms with Crippen molar-refractivity contribution in [1.29, 1.82) is 0 Å². The van der Waals surface area contributed by atoms with E-state index in [2.05, 4.69) is 31.2 Å². The molecule has 0 saturated carbocycles. The van der Waals surface area contributed by atoms with Gasteiger partial charge in [0.25, 0.3) is 0 Å². The van der Waals surface area contributed by atoms with Crippen LogP contribution in [-0.2, 0) is 0 Å². The average Bonchev–Trinajstić information content (AvgIpc) is 3.53. The molecule has 0 aliphatic heterocycles. The fourth-order valence-corrected chi connectivity index (χ4v) is 6.27. The molecule has 2 aromatic heterocycles. The van der Waals surface area contributed by atoms with Gasteiger partial charge >= 0.3 is 0 Å². The summed E-state index contributed by atoms with van der Waals surface area (Å²) in [7, 11) is 0. The van der Waals surface area contributed by atoms with Gasteiger partial charge in [-0.1, -0.05) is 84.9 Å². The number of ketones is 1. The minimum Gasteiger partial charge on any atom is -0.288 e. The molecule has 164 valence electrons. The van der Waals surface area contributed by atoms with Gasteiger partial charge in [0.15, 0.2) is 5.78 Å². The highest BCUT2D eigenvalue weighted by atomic mass is 32.1. The van der Waals surface area contributed by atoms with Crippen LogP contribution in [0.3, 0.4) is 0 Å². The van der Waals surface area contributed by atoms with Crippen LogP contribution in [0.25, 0.3) is 32.3 Å². The molecule has 5 heteroatoms. The second kappa shape index (κ2) is 8.28. The van der Waals surface area contributed by atoms with Crippen molar-refractivity contribution in [2.24, 2.45) is 0 Å². The van der Waals surface area contributed by atoms with Gasteiger partial charge < -0.3 is 0 Å². The zero-order chi connectivity index (χ0) is 23.2. The standard InChI is InChI=1S/C29H20N2OS2/c1-17-25(30-28(33-17)19-11-5-3-6-12-19)23-21-15-9-10-16-22(21)27(32)24(23)26-18(2)34-29(31-26)20-13-7-4-8-14-20/h3-16H,1-2H3. The van der Waals surface area contributed by atoms with Crippen molar-refractivity contribution in [3.63, 3.8) is 0 Å². The zero-order valence-corrected chi connectivity index (χ0v) is 20.3. The minimum absolute atomic E-state index is 0.0206. The molecule has 1 aliphatic carbocycles. The zero-order valence-electron chi connectivity index (χ0n) is 18.7. The smallest absolute Gasteiger partial charge is 0.196 e. The third-order valence-electron chi connectivity index (χ3n) is 6.03. The number of fused-ring (bicyclic) bond motifs is 1. The van der Waals surface area contributed by atoms with E-state index in [9.17, 15) is 4.79 Å². The molecule has 0 fully saturated rings. The molecular weight excluding hydrogens is 456 g/mol. The molecule has 34 heavy (non-hydrogen) atoms. The van der Waals surface area contributed by atoms with Gasteiger partial charge in [0.05, 0.1) is 17.0 Å². The van der Waals surface area contributed by atoms with E-state index >= 15 is 0 Å². The molecule has 0 amide bonds. The summed E-state index contributed by atoms with van der Waals surface area (Å²) >= 11 is 3.28. The van der Waals surface area contributed by atoms with Crippen LogP contribution in [0.2, 0.25) is 0 Å². The second-order valence-electron chi connectivity index (χ2n) is 8.20. The van der Waals surface area contributed by atoms with Crippen molar-refractivity contribution in [2.75, 3.05) is 0 Å². The second-order valence-corrected chi connectivity index (χ2v) is 10.6. The molecular formula is C29H20N2OS2. The first-order valence-corrected chi connectivity index (χ1v) is 12.7. The van der Waals surface area contributed by atoms with E-state index in [-0.39, 0.29) is 5.78 Å². The molecule has 0 radical (unpaired) electrons. The Morgan fingerprint density at radius 2 is 1.00 bits per heavy atom. The van der Waals surface area contributed by atoms with E-state index in [1.807, 2.05) is 67.6 Å². The van der Waals surface area contributed by atoms with E-state index in [0.29, 0.717) is 5.57 Å². The summed E-state index contributed by atoms with van der Waals surface area (Å²) < 4.78 is 0. The summed E-state index contributed by atoms with van der Waals surface area (Å²) in [4.78, 5) is 25.9. The quantitative estimate of drug-likeness (QED) is 0.267. The van der Waals surface area contributed by atoms with Crippen LogP contribution in [0, 0.1) is 13.8 Å². The van der Waals surface area contributed by atoms with Crippen LogP contribution in [-0.4, -0.2) is 15.8 Å². The highest BCUT2D eigenvalue weighted by molar-refractivity contribution is 7.15. The summed E-state index contributed by atoms with van der Waals surface area (Å²) in [6.07, 6.45) is 0. The number of hydrogen-bond acceptors (Lipinski definition) is 5. The van der Waals surface area contributed by atoms with Crippen molar-refractivity contribution >= 4 is 39.6 Å². The van der Waals surface area contributed by atoms with E-state index in [4.69, 9.17) is 9.97 Å². The van der Waals surface area contributed by atoms with Crippen LogP contribution >= 0.6 is 22.7 Å². The van der Waals surface area contributed by atoms with Crippen LogP contribution in [0.15, 0.2) is 84.9 Å². The number of Topliss-reactive ketones (excluding diaryl/α,β-unsaturated/α-hetero) is 1. The first-order valence-electron chi connectivity index (χ1n) is 11.1. The third-order valence-corrected chi connectivity index (χ3v) is 8.07. The third kappa shape index (κ3) is 3.36. The predicted molar refractivity (Wildman–Crippen MR) is 141 cm³/mol. The largest absolute Gasteiger partial charge is 0.288 e. The molecule has 0 bridgehead atoms. The number of carbonyl (C=O) groups is 1. The van der Waals surface area contributed by atoms with Crippen molar-refractivity contribution in [3.8, 4) is 21.1 Å². The van der Waals surface area contributed by atoms with Gasteiger partial charge in [-0.15, -0.1) is 22.7 Å².